The van der Waals surface area contributed by atoms with Gasteiger partial charge in [0.15, 0.2) is 11.6 Å². The molecule has 0 aliphatic heterocycles. The van der Waals surface area contributed by atoms with Crippen LogP contribution in [0.3, 0.4) is 0 Å². The SMILES string of the molecule is Cc1cc(-c2nc3cnc(Oc4ccccc4F)nc3o2)cc(C)c1OC1CC(C(=O)O)C1. The molecule has 1 aliphatic rings. The van der Waals surface area contributed by atoms with Crippen molar-refractivity contribution in [2.75, 3.05) is 0 Å². The standard InChI is InChI=1S/C24H20FN3O5/c1-12-7-14(8-13(2)20(12)31-16-9-15(10-16)23(29)30)21-27-18-11-26-24(28-22(18)33-21)32-19-6-4-3-5-17(19)25/h3-8,11,15-16H,9-10H2,1-2H3,(H,29,30). The molecule has 0 atom stereocenters. The van der Waals surface area contributed by atoms with Gasteiger partial charge in [0, 0.05) is 5.56 Å². The monoisotopic (exact) mass is 449 g/mol. The summed E-state index contributed by atoms with van der Waals surface area (Å²) >= 11 is 0. The number of carboxylic acid groups (broad SMARTS) is 1. The number of nitrogens with zero attached hydrogens (tertiary/aromatic N) is 3. The van der Waals surface area contributed by atoms with Crippen LogP contribution < -0.4 is 9.47 Å². The molecule has 2 aromatic heterocycles. The lowest BCUT2D eigenvalue weighted by Gasteiger charge is -2.33. The van der Waals surface area contributed by atoms with Gasteiger partial charge in [0.2, 0.25) is 5.89 Å². The predicted octanol–water partition coefficient (Wildman–Crippen LogP) is 5.08. The first kappa shape index (κ1) is 20.9. The summed E-state index contributed by atoms with van der Waals surface area (Å²) in [5, 5.41) is 9.04. The molecule has 2 heterocycles. The molecule has 0 amide bonds. The Hall–Kier alpha value is -4.01. The van der Waals surface area contributed by atoms with E-state index in [0.717, 1.165) is 22.4 Å². The number of hydrogen-bond acceptors (Lipinski definition) is 7. The topological polar surface area (TPSA) is 108 Å². The van der Waals surface area contributed by atoms with Crippen molar-refractivity contribution in [3.05, 3.63) is 59.5 Å². The van der Waals surface area contributed by atoms with Crippen molar-refractivity contribution in [2.45, 2.75) is 32.8 Å². The van der Waals surface area contributed by atoms with Gasteiger partial charge in [-0.25, -0.2) is 14.4 Å². The smallest absolute Gasteiger partial charge is 0.325 e. The summed E-state index contributed by atoms with van der Waals surface area (Å²) in [6, 6.07) is 9.72. The fourth-order valence-electron chi connectivity index (χ4n) is 3.81. The summed E-state index contributed by atoms with van der Waals surface area (Å²) < 4.78 is 31.1. The molecule has 168 valence electrons. The maximum atomic E-state index is 13.8. The number of aromatic nitrogens is 3. The summed E-state index contributed by atoms with van der Waals surface area (Å²) in [7, 11) is 0. The summed E-state index contributed by atoms with van der Waals surface area (Å²) in [5.41, 5.74) is 3.18. The molecular formula is C24H20FN3O5. The van der Waals surface area contributed by atoms with E-state index in [4.69, 9.17) is 19.0 Å². The van der Waals surface area contributed by atoms with E-state index in [2.05, 4.69) is 15.0 Å². The molecule has 0 saturated heterocycles. The average molecular weight is 449 g/mol. The van der Waals surface area contributed by atoms with Gasteiger partial charge in [0.25, 0.3) is 5.71 Å². The molecule has 1 saturated carbocycles. The van der Waals surface area contributed by atoms with Crippen LogP contribution in [0.4, 0.5) is 4.39 Å². The molecule has 5 rings (SSSR count). The van der Waals surface area contributed by atoms with Crippen molar-refractivity contribution in [3.8, 4) is 29.0 Å². The quantitative estimate of drug-likeness (QED) is 0.434. The number of oxazole rings is 1. The molecule has 8 nitrogen and oxygen atoms in total. The first-order chi connectivity index (χ1) is 15.9. The number of halogens is 1. The maximum Gasteiger partial charge on any atom is 0.325 e. The normalized spacial score (nSPS) is 17.5. The van der Waals surface area contributed by atoms with Crippen molar-refractivity contribution >= 4 is 17.2 Å². The fourth-order valence-corrected chi connectivity index (χ4v) is 3.81. The van der Waals surface area contributed by atoms with Crippen LogP contribution in [0.15, 0.2) is 47.0 Å². The van der Waals surface area contributed by atoms with Crippen LogP contribution in [0.1, 0.15) is 24.0 Å². The van der Waals surface area contributed by atoms with Gasteiger partial charge in [-0.15, -0.1) is 0 Å². The summed E-state index contributed by atoms with van der Waals surface area (Å²) in [6.07, 6.45) is 2.38. The molecule has 0 spiro atoms. The molecule has 1 fully saturated rings. The average Bonchev–Trinajstić information content (AvgIpc) is 3.16. The number of carboxylic acids is 1. The second kappa shape index (κ2) is 8.16. The van der Waals surface area contributed by atoms with E-state index >= 15 is 0 Å². The third-order valence-electron chi connectivity index (χ3n) is 5.60. The number of carbonyl (C=O) groups is 1. The second-order valence-electron chi connectivity index (χ2n) is 8.08. The highest BCUT2D eigenvalue weighted by Crippen LogP contribution is 2.36. The predicted molar refractivity (Wildman–Crippen MR) is 116 cm³/mol. The number of aliphatic carboxylic acids is 1. The second-order valence-corrected chi connectivity index (χ2v) is 8.08. The third-order valence-corrected chi connectivity index (χ3v) is 5.60. The molecule has 0 unspecified atom stereocenters. The van der Waals surface area contributed by atoms with Gasteiger partial charge in [-0.05, 0) is 62.1 Å². The molecule has 1 aliphatic carbocycles. The van der Waals surface area contributed by atoms with E-state index in [0.29, 0.717) is 24.2 Å². The maximum absolute atomic E-state index is 13.8. The summed E-state index contributed by atoms with van der Waals surface area (Å²) in [6.45, 7) is 3.84. The Balaban J connectivity index is 1.37. The number of aryl methyl sites for hydroxylation is 2. The van der Waals surface area contributed by atoms with Gasteiger partial charge in [-0.3, -0.25) is 4.79 Å². The minimum Gasteiger partial charge on any atom is -0.490 e. The third kappa shape index (κ3) is 4.09. The Morgan fingerprint density at radius 3 is 2.58 bits per heavy atom. The highest BCUT2D eigenvalue weighted by molar-refractivity contribution is 5.73. The zero-order chi connectivity index (χ0) is 23.1. The van der Waals surface area contributed by atoms with Crippen LogP contribution in [0.2, 0.25) is 0 Å². The van der Waals surface area contributed by atoms with Crippen LogP contribution in [-0.2, 0) is 4.79 Å². The summed E-state index contributed by atoms with van der Waals surface area (Å²) in [4.78, 5) is 23.7. The van der Waals surface area contributed by atoms with Gasteiger partial charge in [0.05, 0.1) is 12.1 Å². The van der Waals surface area contributed by atoms with Gasteiger partial charge in [-0.1, -0.05) is 12.1 Å². The van der Waals surface area contributed by atoms with Crippen molar-refractivity contribution in [1.82, 2.24) is 15.0 Å². The van der Waals surface area contributed by atoms with Crippen LogP contribution in [0.25, 0.3) is 22.7 Å². The van der Waals surface area contributed by atoms with E-state index in [9.17, 15) is 9.18 Å². The Labute approximate surface area is 188 Å². The lowest BCUT2D eigenvalue weighted by atomic mass is 9.82. The van der Waals surface area contributed by atoms with Gasteiger partial charge in [0.1, 0.15) is 17.4 Å². The number of ether oxygens (including phenoxy) is 2. The Kier molecular flexibility index (Phi) is 5.16. The Morgan fingerprint density at radius 2 is 1.88 bits per heavy atom. The first-order valence-electron chi connectivity index (χ1n) is 10.4. The van der Waals surface area contributed by atoms with Crippen LogP contribution in [-0.4, -0.2) is 32.1 Å². The highest BCUT2D eigenvalue weighted by atomic mass is 19.1. The number of fused-ring (bicyclic) bond motifs is 1. The number of para-hydroxylation sites is 1. The molecule has 33 heavy (non-hydrogen) atoms. The van der Waals surface area contributed by atoms with E-state index < -0.39 is 11.8 Å². The molecule has 0 radical (unpaired) electrons. The van der Waals surface area contributed by atoms with E-state index in [1.165, 1.54) is 18.3 Å². The summed E-state index contributed by atoms with van der Waals surface area (Å²) in [5.74, 6) is -0.519. The molecule has 1 N–H and O–H groups in total. The molecule has 9 heteroatoms. The molecule has 2 aromatic carbocycles. The fraction of sp³-hybridized carbons (Fsp3) is 0.250. The van der Waals surface area contributed by atoms with Gasteiger partial charge < -0.3 is 19.0 Å². The number of hydrogen-bond donors (Lipinski definition) is 1. The van der Waals surface area contributed by atoms with Crippen LogP contribution in [0, 0.1) is 25.6 Å². The molecule has 4 aromatic rings. The zero-order valence-corrected chi connectivity index (χ0v) is 17.9. The number of rotatable bonds is 6. The van der Waals surface area contributed by atoms with Crippen molar-refractivity contribution in [3.63, 3.8) is 0 Å². The molecule has 0 bridgehead atoms. The van der Waals surface area contributed by atoms with E-state index in [1.807, 2.05) is 26.0 Å². The number of benzene rings is 2. The van der Waals surface area contributed by atoms with Crippen molar-refractivity contribution in [1.29, 1.82) is 0 Å². The van der Waals surface area contributed by atoms with Crippen molar-refractivity contribution < 1.29 is 28.2 Å². The van der Waals surface area contributed by atoms with Crippen molar-refractivity contribution in [2.24, 2.45) is 5.92 Å². The Bertz CT molecular complexity index is 1340. The minimum absolute atomic E-state index is 0.0135. The van der Waals surface area contributed by atoms with E-state index in [-0.39, 0.29) is 29.5 Å². The first-order valence-corrected chi connectivity index (χ1v) is 10.4. The lowest BCUT2D eigenvalue weighted by molar-refractivity contribution is -0.147. The van der Waals surface area contributed by atoms with Gasteiger partial charge in [-0.2, -0.15) is 4.98 Å². The molecular weight excluding hydrogens is 429 g/mol. The van der Waals surface area contributed by atoms with Crippen LogP contribution in [0.5, 0.6) is 17.5 Å². The highest BCUT2D eigenvalue weighted by Gasteiger charge is 2.36. The largest absolute Gasteiger partial charge is 0.490 e. The minimum atomic E-state index is -0.778. The van der Waals surface area contributed by atoms with Gasteiger partial charge >= 0.3 is 12.0 Å². The Morgan fingerprint density at radius 1 is 1.15 bits per heavy atom. The van der Waals surface area contributed by atoms with Crippen LogP contribution >= 0.6 is 0 Å². The van der Waals surface area contributed by atoms with E-state index in [1.54, 1.807) is 12.1 Å². The zero-order valence-electron chi connectivity index (χ0n) is 17.9. The lowest BCUT2D eigenvalue weighted by Crippen LogP contribution is -2.38.